The van der Waals surface area contributed by atoms with Gasteiger partial charge in [0.2, 0.25) is 0 Å². The third kappa shape index (κ3) is 2.77. The van der Waals surface area contributed by atoms with Crippen LogP contribution < -0.4 is 5.32 Å². The number of hydrogen-bond acceptors (Lipinski definition) is 2. The molecule has 0 saturated heterocycles. The van der Waals surface area contributed by atoms with E-state index in [0.717, 1.165) is 24.3 Å². The molecule has 1 aliphatic heterocycles. The van der Waals surface area contributed by atoms with Gasteiger partial charge < -0.3 is 5.32 Å². The van der Waals surface area contributed by atoms with Crippen molar-refractivity contribution in [2.24, 2.45) is 0 Å². The number of benzene rings is 1. The van der Waals surface area contributed by atoms with Gasteiger partial charge in [0.15, 0.2) is 0 Å². The quantitative estimate of drug-likeness (QED) is 0.889. The van der Waals surface area contributed by atoms with Gasteiger partial charge in [-0.2, -0.15) is 0 Å². The molecule has 0 radical (unpaired) electrons. The van der Waals surface area contributed by atoms with Crippen molar-refractivity contribution in [1.29, 1.82) is 0 Å². The molecule has 0 fully saturated rings. The lowest BCUT2D eigenvalue weighted by molar-refractivity contribution is 0.506. The van der Waals surface area contributed by atoms with Gasteiger partial charge >= 0.3 is 0 Å². The Hall–Kier alpha value is -0.670. The molecule has 2 nitrogen and oxygen atoms in total. The second kappa shape index (κ2) is 6.19. The summed E-state index contributed by atoms with van der Waals surface area (Å²) in [6.45, 7) is 9.63. The van der Waals surface area contributed by atoms with Gasteiger partial charge in [-0.15, -0.1) is 0 Å². The lowest BCUT2D eigenvalue weighted by atomic mass is 9.95. The maximum Gasteiger partial charge on any atom is 0.0590 e. The fraction of sp³-hybridized carbons (Fsp3) is 0.625. The van der Waals surface area contributed by atoms with Crippen LogP contribution in [0.4, 0.5) is 0 Å². The Kier molecular flexibility index (Phi) is 4.80. The van der Waals surface area contributed by atoms with Crippen molar-refractivity contribution in [3.05, 3.63) is 29.3 Å². The highest BCUT2D eigenvalue weighted by atomic mass is 32.2. The van der Waals surface area contributed by atoms with Crippen LogP contribution in [0.25, 0.3) is 0 Å². The molecule has 0 aliphatic carbocycles. The molecule has 0 amide bonds. The number of rotatable bonds is 5. The third-order valence-corrected chi connectivity index (χ3v) is 5.76. The Morgan fingerprint density at radius 1 is 1.32 bits per heavy atom. The number of nitrogens with one attached hydrogen (secondary N) is 1. The van der Waals surface area contributed by atoms with E-state index < -0.39 is 10.8 Å². The molecule has 0 saturated carbocycles. The van der Waals surface area contributed by atoms with Crippen molar-refractivity contribution in [3.8, 4) is 0 Å². The standard InChI is InChI=1S/C16H25NOS/c1-5-7-15-16(17-6-2)13-10-12(11(3)4)8-9-14(13)19(15)18/h8-11,15-17H,5-7H2,1-4H3. The second-order valence-electron chi connectivity index (χ2n) is 5.61. The fourth-order valence-electron chi connectivity index (χ4n) is 2.86. The van der Waals surface area contributed by atoms with Crippen molar-refractivity contribution >= 4 is 10.8 Å². The molecule has 0 aromatic heterocycles. The van der Waals surface area contributed by atoms with E-state index in [-0.39, 0.29) is 11.3 Å². The Morgan fingerprint density at radius 3 is 2.63 bits per heavy atom. The summed E-state index contributed by atoms with van der Waals surface area (Å²) in [5.41, 5.74) is 2.61. The average molecular weight is 279 g/mol. The van der Waals surface area contributed by atoms with E-state index in [1.54, 1.807) is 0 Å². The molecule has 3 unspecified atom stereocenters. The summed E-state index contributed by atoms with van der Waals surface area (Å²) in [6.07, 6.45) is 2.11. The first-order chi connectivity index (χ1) is 9.10. The molecule has 1 heterocycles. The molecular formula is C16H25NOS. The maximum atomic E-state index is 12.6. The Balaban J connectivity index is 2.41. The molecule has 0 spiro atoms. The number of fused-ring (bicyclic) bond motifs is 1. The largest absolute Gasteiger partial charge is 0.309 e. The van der Waals surface area contributed by atoms with Crippen LogP contribution in [0.2, 0.25) is 0 Å². The van der Waals surface area contributed by atoms with E-state index in [1.165, 1.54) is 11.1 Å². The Labute approximate surface area is 119 Å². The van der Waals surface area contributed by atoms with E-state index in [2.05, 4.69) is 51.2 Å². The van der Waals surface area contributed by atoms with Gasteiger partial charge in [0, 0.05) is 10.9 Å². The van der Waals surface area contributed by atoms with Gasteiger partial charge in [0.1, 0.15) is 0 Å². The lowest BCUT2D eigenvalue weighted by Crippen LogP contribution is -2.29. The van der Waals surface area contributed by atoms with Crippen LogP contribution in [0.5, 0.6) is 0 Å². The van der Waals surface area contributed by atoms with Gasteiger partial charge in [-0.3, -0.25) is 4.21 Å². The molecule has 2 rings (SSSR count). The van der Waals surface area contributed by atoms with E-state index in [0.29, 0.717) is 5.92 Å². The Morgan fingerprint density at radius 2 is 2.05 bits per heavy atom. The van der Waals surface area contributed by atoms with Gasteiger partial charge in [0.25, 0.3) is 0 Å². The van der Waals surface area contributed by atoms with Gasteiger partial charge in [-0.25, -0.2) is 0 Å². The molecule has 1 aliphatic rings. The smallest absolute Gasteiger partial charge is 0.0590 e. The summed E-state index contributed by atoms with van der Waals surface area (Å²) in [4.78, 5) is 1.05. The van der Waals surface area contributed by atoms with Crippen LogP contribution in [0.15, 0.2) is 23.1 Å². The molecular weight excluding hydrogens is 254 g/mol. The summed E-state index contributed by atoms with van der Waals surface area (Å²) in [6, 6.07) is 6.75. The normalized spacial score (nSPS) is 25.8. The molecule has 19 heavy (non-hydrogen) atoms. The van der Waals surface area contributed by atoms with Crippen LogP contribution in [0.3, 0.4) is 0 Å². The molecule has 106 valence electrons. The molecule has 1 N–H and O–H groups in total. The van der Waals surface area contributed by atoms with Crippen LogP contribution in [-0.2, 0) is 10.8 Å². The minimum atomic E-state index is -0.851. The van der Waals surface area contributed by atoms with Crippen molar-refractivity contribution in [3.63, 3.8) is 0 Å². The van der Waals surface area contributed by atoms with Crippen molar-refractivity contribution in [1.82, 2.24) is 5.32 Å². The summed E-state index contributed by atoms with van der Waals surface area (Å²) in [5.74, 6) is 0.520. The summed E-state index contributed by atoms with van der Waals surface area (Å²) in [7, 11) is -0.851. The summed E-state index contributed by atoms with van der Waals surface area (Å²) < 4.78 is 12.6. The second-order valence-corrected chi connectivity index (χ2v) is 7.25. The van der Waals surface area contributed by atoms with Crippen molar-refractivity contribution < 1.29 is 4.21 Å². The van der Waals surface area contributed by atoms with Gasteiger partial charge in [-0.05, 0) is 36.1 Å². The first-order valence-electron chi connectivity index (χ1n) is 7.37. The third-order valence-electron chi connectivity index (χ3n) is 3.90. The zero-order chi connectivity index (χ0) is 14.0. The van der Waals surface area contributed by atoms with Gasteiger partial charge in [0.05, 0.1) is 16.0 Å². The first-order valence-corrected chi connectivity index (χ1v) is 8.59. The van der Waals surface area contributed by atoms with Crippen LogP contribution in [0.1, 0.15) is 63.6 Å². The zero-order valence-corrected chi connectivity index (χ0v) is 13.2. The fourth-order valence-corrected chi connectivity index (χ4v) is 4.75. The van der Waals surface area contributed by atoms with E-state index in [1.807, 2.05) is 0 Å². The minimum Gasteiger partial charge on any atom is -0.309 e. The summed E-state index contributed by atoms with van der Waals surface area (Å²) in [5, 5.41) is 3.78. The molecule has 0 bridgehead atoms. The Bertz CT molecular complexity index is 470. The highest BCUT2D eigenvalue weighted by Gasteiger charge is 2.37. The first kappa shape index (κ1) is 14.7. The summed E-state index contributed by atoms with van der Waals surface area (Å²) >= 11 is 0. The number of hydrogen-bond donors (Lipinski definition) is 1. The topological polar surface area (TPSA) is 29.1 Å². The molecule has 1 aromatic rings. The van der Waals surface area contributed by atoms with Crippen molar-refractivity contribution in [2.75, 3.05) is 6.54 Å². The van der Waals surface area contributed by atoms with E-state index in [9.17, 15) is 4.21 Å². The SMILES string of the molecule is CCCC1C(NCC)c2cc(C(C)C)ccc2S1=O. The maximum absolute atomic E-state index is 12.6. The van der Waals surface area contributed by atoms with Gasteiger partial charge in [-0.1, -0.05) is 46.2 Å². The molecule has 3 heteroatoms. The van der Waals surface area contributed by atoms with Crippen LogP contribution in [0, 0.1) is 0 Å². The van der Waals surface area contributed by atoms with Crippen molar-refractivity contribution in [2.45, 2.75) is 62.6 Å². The highest BCUT2D eigenvalue weighted by Crippen LogP contribution is 2.39. The predicted octanol–water partition coefficient (Wildman–Crippen LogP) is 3.75. The predicted molar refractivity (Wildman–Crippen MR) is 82.1 cm³/mol. The highest BCUT2D eigenvalue weighted by molar-refractivity contribution is 7.86. The van der Waals surface area contributed by atoms with Crippen LogP contribution in [-0.4, -0.2) is 16.0 Å². The van der Waals surface area contributed by atoms with E-state index in [4.69, 9.17) is 0 Å². The monoisotopic (exact) mass is 279 g/mol. The molecule has 3 atom stereocenters. The molecule has 1 aromatic carbocycles. The zero-order valence-electron chi connectivity index (χ0n) is 12.4. The van der Waals surface area contributed by atoms with E-state index >= 15 is 0 Å². The lowest BCUT2D eigenvalue weighted by Gasteiger charge is -2.20. The average Bonchev–Trinajstić information content (AvgIpc) is 2.65. The minimum absolute atomic E-state index is 0.238. The van der Waals surface area contributed by atoms with Crippen LogP contribution >= 0.6 is 0 Å².